The van der Waals surface area contributed by atoms with Gasteiger partial charge in [-0.1, -0.05) is 17.7 Å². The van der Waals surface area contributed by atoms with Crippen LogP contribution in [-0.2, 0) is 14.8 Å². The van der Waals surface area contributed by atoms with Gasteiger partial charge >= 0.3 is 0 Å². The van der Waals surface area contributed by atoms with Gasteiger partial charge in [0.25, 0.3) is 10.0 Å². The van der Waals surface area contributed by atoms with Crippen molar-refractivity contribution in [3.63, 3.8) is 0 Å². The van der Waals surface area contributed by atoms with E-state index >= 15 is 0 Å². The number of benzene rings is 2. The topological polar surface area (TPSA) is 110 Å². The van der Waals surface area contributed by atoms with Crippen LogP contribution in [0.15, 0.2) is 59.5 Å². The zero-order valence-corrected chi connectivity index (χ0v) is 18.4. The molecule has 8 nitrogen and oxygen atoms in total. The van der Waals surface area contributed by atoms with Gasteiger partial charge in [0.2, 0.25) is 11.9 Å². The summed E-state index contributed by atoms with van der Waals surface area (Å²) in [6.07, 6.45) is 0.166. The molecule has 162 valence electrons. The number of amides is 1. The number of carbonyl (C=O) groups excluding carboxylic acids is 1. The van der Waals surface area contributed by atoms with E-state index in [1.54, 1.807) is 19.9 Å². The first-order valence-corrected chi connectivity index (χ1v) is 11.1. The Morgan fingerprint density at radius 1 is 0.935 bits per heavy atom. The molecule has 0 atom stereocenters. The number of sulfonamides is 1. The van der Waals surface area contributed by atoms with Gasteiger partial charge in [0, 0.05) is 17.1 Å². The zero-order chi connectivity index (χ0) is 22.4. The normalized spacial score (nSPS) is 11.1. The molecule has 3 rings (SSSR count). The van der Waals surface area contributed by atoms with Crippen LogP contribution < -0.4 is 14.8 Å². The Balaban J connectivity index is 1.55. The van der Waals surface area contributed by atoms with Crippen LogP contribution in [0.5, 0.6) is 5.75 Å². The number of aryl methyl sites for hydroxylation is 3. The average molecular weight is 441 g/mol. The lowest BCUT2D eigenvalue weighted by Crippen LogP contribution is -2.17. The van der Waals surface area contributed by atoms with Crippen molar-refractivity contribution >= 4 is 27.6 Å². The van der Waals surface area contributed by atoms with Gasteiger partial charge in [0.05, 0.1) is 17.9 Å². The fourth-order valence-corrected chi connectivity index (χ4v) is 3.73. The maximum Gasteiger partial charge on any atom is 0.264 e. The van der Waals surface area contributed by atoms with Crippen molar-refractivity contribution in [2.75, 3.05) is 16.6 Å². The van der Waals surface area contributed by atoms with Gasteiger partial charge in [-0.2, -0.15) is 0 Å². The Morgan fingerprint density at radius 2 is 1.55 bits per heavy atom. The van der Waals surface area contributed by atoms with Gasteiger partial charge in [-0.25, -0.2) is 23.1 Å². The number of rotatable bonds is 8. The summed E-state index contributed by atoms with van der Waals surface area (Å²) in [6, 6.07) is 15.2. The molecule has 1 aromatic heterocycles. The lowest BCUT2D eigenvalue weighted by atomic mass is 10.2. The molecular weight excluding hydrogens is 416 g/mol. The quantitative estimate of drug-likeness (QED) is 0.554. The highest BCUT2D eigenvalue weighted by atomic mass is 32.2. The number of aromatic nitrogens is 2. The Bertz CT molecular complexity index is 1140. The van der Waals surface area contributed by atoms with E-state index in [4.69, 9.17) is 4.74 Å². The SMILES string of the molecule is Cc1ccc(OCCC(=O)Nc2ccc(S(=O)(=O)Nc3nc(C)cc(C)n3)cc2)cc1. The van der Waals surface area contributed by atoms with Crippen LogP contribution in [0.2, 0.25) is 0 Å². The maximum atomic E-state index is 12.6. The number of anilines is 2. The Morgan fingerprint density at radius 3 is 2.16 bits per heavy atom. The third-order valence-corrected chi connectivity index (χ3v) is 5.62. The molecule has 1 heterocycles. The van der Waals surface area contributed by atoms with E-state index in [9.17, 15) is 13.2 Å². The fourth-order valence-electron chi connectivity index (χ4n) is 2.79. The van der Waals surface area contributed by atoms with E-state index in [-0.39, 0.29) is 29.8 Å². The summed E-state index contributed by atoms with van der Waals surface area (Å²) < 4.78 is 33.0. The zero-order valence-electron chi connectivity index (χ0n) is 17.5. The van der Waals surface area contributed by atoms with Gasteiger partial charge in [0.15, 0.2) is 0 Å². The van der Waals surface area contributed by atoms with Crippen molar-refractivity contribution in [1.29, 1.82) is 0 Å². The predicted octanol–water partition coefficient (Wildman–Crippen LogP) is 3.61. The van der Waals surface area contributed by atoms with Crippen molar-refractivity contribution in [3.05, 3.63) is 71.5 Å². The minimum absolute atomic E-state index is 0.0171. The van der Waals surface area contributed by atoms with E-state index in [2.05, 4.69) is 20.0 Å². The van der Waals surface area contributed by atoms with Crippen LogP contribution in [0.1, 0.15) is 23.4 Å². The van der Waals surface area contributed by atoms with Crippen LogP contribution in [0, 0.1) is 20.8 Å². The van der Waals surface area contributed by atoms with Crippen LogP contribution in [0.4, 0.5) is 11.6 Å². The summed E-state index contributed by atoms with van der Waals surface area (Å²) in [7, 11) is -3.85. The molecule has 0 saturated heterocycles. The standard InChI is InChI=1S/C22H24N4O4S/c1-15-4-8-19(9-5-15)30-13-12-21(27)25-18-6-10-20(11-7-18)31(28,29)26-22-23-16(2)14-17(3)24-22/h4-11,14H,12-13H2,1-3H3,(H,25,27)(H,23,24,26). The number of nitrogens with one attached hydrogen (secondary N) is 2. The van der Waals surface area contributed by atoms with E-state index in [0.717, 1.165) is 5.56 Å². The minimum Gasteiger partial charge on any atom is -0.493 e. The molecular formula is C22H24N4O4S. The van der Waals surface area contributed by atoms with Gasteiger partial charge in [-0.15, -0.1) is 0 Å². The average Bonchev–Trinajstić information content (AvgIpc) is 2.69. The molecule has 2 aromatic carbocycles. The van der Waals surface area contributed by atoms with Gasteiger partial charge in [0.1, 0.15) is 5.75 Å². The summed E-state index contributed by atoms with van der Waals surface area (Å²) in [6.45, 7) is 5.74. The Kier molecular flexibility index (Phi) is 6.86. The molecule has 0 aliphatic rings. The second-order valence-electron chi connectivity index (χ2n) is 7.06. The lowest BCUT2D eigenvalue weighted by Gasteiger charge is -2.10. The molecule has 0 spiro atoms. The Labute approximate surface area is 181 Å². The minimum atomic E-state index is -3.85. The molecule has 0 bridgehead atoms. The predicted molar refractivity (Wildman–Crippen MR) is 119 cm³/mol. The molecule has 1 amide bonds. The summed E-state index contributed by atoms with van der Waals surface area (Å²) >= 11 is 0. The van der Waals surface area contributed by atoms with Crippen LogP contribution in [0.25, 0.3) is 0 Å². The van der Waals surface area contributed by atoms with Crippen molar-refractivity contribution in [1.82, 2.24) is 9.97 Å². The van der Waals surface area contributed by atoms with E-state index in [1.807, 2.05) is 31.2 Å². The molecule has 0 fully saturated rings. The summed E-state index contributed by atoms with van der Waals surface area (Å²) in [5.41, 5.74) is 2.94. The first kappa shape index (κ1) is 22.2. The molecule has 2 N–H and O–H groups in total. The molecule has 31 heavy (non-hydrogen) atoms. The molecule has 0 aliphatic carbocycles. The molecule has 0 radical (unpaired) electrons. The first-order valence-electron chi connectivity index (χ1n) is 9.66. The van der Waals surface area contributed by atoms with Crippen molar-refractivity contribution in [2.24, 2.45) is 0 Å². The lowest BCUT2D eigenvalue weighted by molar-refractivity contribution is -0.116. The number of hydrogen-bond acceptors (Lipinski definition) is 6. The van der Waals surface area contributed by atoms with Crippen molar-refractivity contribution in [2.45, 2.75) is 32.1 Å². The highest BCUT2D eigenvalue weighted by molar-refractivity contribution is 7.92. The van der Waals surface area contributed by atoms with Crippen molar-refractivity contribution in [3.8, 4) is 5.75 Å². The largest absolute Gasteiger partial charge is 0.493 e. The van der Waals surface area contributed by atoms with Gasteiger partial charge in [-0.05, 0) is 63.2 Å². The monoisotopic (exact) mass is 440 g/mol. The van der Waals surface area contributed by atoms with Crippen LogP contribution in [0.3, 0.4) is 0 Å². The van der Waals surface area contributed by atoms with Gasteiger partial charge < -0.3 is 10.1 Å². The van der Waals surface area contributed by atoms with E-state index in [0.29, 0.717) is 22.8 Å². The Hall–Kier alpha value is -3.46. The highest BCUT2D eigenvalue weighted by Gasteiger charge is 2.16. The smallest absolute Gasteiger partial charge is 0.264 e. The highest BCUT2D eigenvalue weighted by Crippen LogP contribution is 2.17. The van der Waals surface area contributed by atoms with Crippen LogP contribution in [-0.4, -0.2) is 30.9 Å². The van der Waals surface area contributed by atoms with Gasteiger partial charge in [-0.3, -0.25) is 4.79 Å². The summed E-state index contributed by atoms with van der Waals surface area (Å²) in [5.74, 6) is 0.487. The molecule has 3 aromatic rings. The van der Waals surface area contributed by atoms with E-state index in [1.165, 1.54) is 24.3 Å². The molecule has 0 saturated carbocycles. The third-order valence-electron chi connectivity index (χ3n) is 4.28. The molecule has 9 heteroatoms. The summed E-state index contributed by atoms with van der Waals surface area (Å²) in [4.78, 5) is 20.3. The number of ether oxygens (including phenoxy) is 1. The first-order chi connectivity index (χ1) is 14.7. The fraction of sp³-hybridized carbons (Fsp3) is 0.227. The van der Waals surface area contributed by atoms with Crippen LogP contribution >= 0.6 is 0 Å². The number of hydrogen-bond donors (Lipinski definition) is 2. The summed E-state index contributed by atoms with van der Waals surface area (Å²) in [5, 5.41) is 2.72. The maximum absolute atomic E-state index is 12.6. The van der Waals surface area contributed by atoms with E-state index < -0.39 is 10.0 Å². The van der Waals surface area contributed by atoms with Crippen molar-refractivity contribution < 1.29 is 17.9 Å². The molecule has 0 aliphatic heterocycles. The number of carbonyl (C=O) groups is 1. The third kappa shape index (κ3) is 6.51. The second kappa shape index (κ2) is 9.57. The second-order valence-corrected chi connectivity index (χ2v) is 8.75. The number of nitrogens with zero attached hydrogens (tertiary/aromatic N) is 2. The molecule has 0 unspecified atom stereocenters.